The van der Waals surface area contributed by atoms with Crippen molar-refractivity contribution in [3.8, 4) is 0 Å². The van der Waals surface area contributed by atoms with E-state index in [9.17, 15) is 14.7 Å². The lowest BCUT2D eigenvalue weighted by Crippen LogP contribution is -2.43. The third-order valence-electron chi connectivity index (χ3n) is 5.51. The van der Waals surface area contributed by atoms with Crippen LogP contribution in [-0.2, 0) is 14.3 Å². The number of aliphatic carboxylic acids is 1. The molecule has 0 heterocycles. The van der Waals surface area contributed by atoms with Crippen molar-refractivity contribution in [2.75, 3.05) is 27.7 Å². The average molecular weight is 445 g/mol. The van der Waals surface area contributed by atoms with Crippen molar-refractivity contribution in [1.29, 1.82) is 0 Å². The van der Waals surface area contributed by atoms with Crippen LogP contribution in [0.5, 0.6) is 0 Å². The van der Waals surface area contributed by atoms with E-state index in [1.807, 2.05) is 21.1 Å². The average Bonchev–Trinajstić information content (AvgIpc) is 2.64. The molecule has 0 spiro atoms. The van der Waals surface area contributed by atoms with Gasteiger partial charge in [-0.25, -0.2) is 0 Å². The standard InChI is InChI=1S/C25H49NO5/c1-5-6-7-14-17-22(27)18-15-12-10-8-9-11-13-16-19-25(30)31-23(20-24(28)29)21-26(2,3)4/h22-23,27H,5-21H2,1-4H3/p+1. The zero-order valence-corrected chi connectivity index (χ0v) is 20.7. The van der Waals surface area contributed by atoms with Crippen LogP contribution in [0.1, 0.15) is 110 Å². The number of ether oxygens (including phenoxy) is 1. The van der Waals surface area contributed by atoms with Gasteiger partial charge in [0.25, 0.3) is 0 Å². The van der Waals surface area contributed by atoms with Crippen molar-refractivity contribution in [3.63, 3.8) is 0 Å². The molecule has 0 aromatic rings. The lowest BCUT2D eigenvalue weighted by molar-refractivity contribution is -0.873. The molecule has 0 aliphatic heterocycles. The van der Waals surface area contributed by atoms with Crippen molar-refractivity contribution in [2.24, 2.45) is 0 Å². The summed E-state index contributed by atoms with van der Waals surface area (Å²) >= 11 is 0. The second-order valence-electron chi connectivity index (χ2n) is 10.1. The third kappa shape index (κ3) is 21.9. The fourth-order valence-electron chi connectivity index (χ4n) is 3.86. The van der Waals surface area contributed by atoms with E-state index in [-0.39, 0.29) is 18.5 Å². The zero-order chi connectivity index (χ0) is 23.5. The van der Waals surface area contributed by atoms with Gasteiger partial charge in [0.2, 0.25) is 0 Å². The van der Waals surface area contributed by atoms with Gasteiger partial charge in [-0.05, 0) is 19.3 Å². The molecule has 0 radical (unpaired) electrons. The Labute approximate surface area is 190 Å². The number of hydrogen-bond donors (Lipinski definition) is 2. The first-order chi connectivity index (χ1) is 14.6. The highest BCUT2D eigenvalue weighted by atomic mass is 16.5. The molecule has 0 aromatic heterocycles. The number of carbonyl (C=O) groups is 2. The number of rotatable bonds is 21. The summed E-state index contributed by atoms with van der Waals surface area (Å²) in [5.74, 6) is -1.22. The van der Waals surface area contributed by atoms with Crippen LogP contribution in [0.2, 0.25) is 0 Å². The molecule has 6 heteroatoms. The van der Waals surface area contributed by atoms with Crippen molar-refractivity contribution in [2.45, 2.75) is 122 Å². The van der Waals surface area contributed by atoms with Gasteiger partial charge in [0, 0.05) is 6.42 Å². The number of carboxylic acids is 1. The maximum atomic E-state index is 12.0. The van der Waals surface area contributed by atoms with Crippen molar-refractivity contribution in [3.05, 3.63) is 0 Å². The summed E-state index contributed by atoms with van der Waals surface area (Å²) in [6.45, 7) is 2.70. The number of hydrogen-bond acceptors (Lipinski definition) is 4. The Kier molecular flexibility index (Phi) is 17.8. The Morgan fingerprint density at radius 2 is 1.29 bits per heavy atom. The van der Waals surface area contributed by atoms with E-state index in [1.54, 1.807) is 0 Å². The zero-order valence-electron chi connectivity index (χ0n) is 20.7. The Bertz CT molecular complexity index is 461. The van der Waals surface area contributed by atoms with Gasteiger partial charge < -0.3 is 19.4 Å². The number of likely N-dealkylation sites (N-methyl/N-ethyl adjacent to an activating group) is 1. The molecule has 0 aliphatic carbocycles. The van der Waals surface area contributed by atoms with E-state index in [4.69, 9.17) is 9.84 Å². The molecular formula is C25H50NO5+. The summed E-state index contributed by atoms with van der Waals surface area (Å²) in [4.78, 5) is 23.0. The lowest BCUT2D eigenvalue weighted by Gasteiger charge is -2.28. The predicted molar refractivity (Wildman–Crippen MR) is 126 cm³/mol. The largest absolute Gasteiger partial charge is 0.481 e. The molecule has 0 saturated carbocycles. The van der Waals surface area contributed by atoms with E-state index in [0.717, 1.165) is 44.9 Å². The van der Waals surface area contributed by atoms with Crippen LogP contribution in [-0.4, -0.2) is 66.5 Å². The number of aliphatic hydroxyl groups is 1. The van der Waals surface area contributed by atoms with Crippen molar-refractivity contribution in [1.82, 2.24) is 0 Å². The highest BCUT2D eigenvalue weighted by molar-refractivity contribution is 5.71. The van der Waals surface area contributed by atoms with Crippen LogP contribution in [0.15, 0.2) is 0 Å². The fraction of sp³-hybridized carbons (Fsp3) is 0.920. The molecule has 0 aliphatic rings. The van der Waals surface area contributed by atoms with Gasteiger partial charge >= 0.3 is 11.9 Å². The monoisotopic (exact) mass is 444 g/mol. The van der Waals surface area contributed by atoms with Gasteiger partial charge in [-0.1, -0.05) is 77.6 Å². The molecule has 0 fully saturated rings. The van der Waals surface area contributed by atoms with Crippen LogP contribution >= 0.6 is 0 Å². The van der Waals surface area contributed by atoms with Crippen LogP contribution in [0.3, 0.4) is 0 Å². The second-order valence-corrected chi connectivity index (χ2v) is 10.1. The van der Waals surface area contributed by atoms with Gasteiger partial charge in [0.1, 0.15) is 6.54 Å². The molecule has 184 valence electrons. The molecule has 2 unspecified atom stereocenters. The van der Waals surface area contributed by atoms with Gasteiger partial charge in [-0.2, -0.15) is 0 Å². The fourth-order valence-corrected chi connectivity index (χ4v) is 3.86. The number of unbranched alkanes of at least 4 members (excludes halogenated alkanes) is 10. The smallest absolute Gasteiger partial charge is 0.307 e. The molecule has 2 N–H and O–H groups in total. The number of quaternary nitrogens is 1. The molecule has 31 heavy (non-hydrogen) atoms. The van der Waals surface area contributed by atoms with Crippen molar-refractivity contribution < 1.29 is 29.0 Å². The van der Waals surface area contributed by atoms with Gasteiger partial charge in [0.15, 0.2) is 6.10 Å². The summed E-state index contributed by atoms with van der Waals surface area (Å²) in [6.07, 6.45) is 15.2. The molecule has 0 bridgehead atoms. The molecule has 0 amide bonds. The SMILES string of the molecule is CCCCCCC(O)CCCCCCCCCCC(=O)OC(CC(=O)O)C[N+](C)(C)C. The third-order valence-corrected chi connectivity index (χ3v) is 5.51. The van der Waals surface area contributed by atoms with E-state index in [1.165, 1.54) is 44.9 Å². The van der Waals surface area contributed by atoms with E-state index >= 15 is 0 Å². The topological polar surface area (TPSA) is 83.8 Å². The normalized spacial score (nSPS) is 13.7. The number of carboxylic acid groups (broad SMARTS) is 1. The summed E-state index contributed by atoms with van der Waals surface area (Å²) in [5, 5.41) is 19.0. The quantitative estimate of drug-likeness (QED) is 0.142. The second kappa shape index (κ2) is 18.4. The number of nitrogens with zero attached hydrogens (tertiary/aromatic N) is 1. The molecule has 0 aromatic carbocycles. The number of carbonyl (C=O) groups excluding carboxylic acids is 1. The van der Waals surface area contributed by atoms with E-state index < -0.39 is 12.1 Å². The van der Waals surface area contributed by atoms with Crippen LogP contribution in [0.4, 0.5) is 0 Å². The number of aliphatic hydroxyl groups excluding tert-OH is 1. The van der Waals surface area contributed by atoms with Gasteiger partial charge in [-0.15, -0.1) is 0 Å². The first-order valence-corrected chi connectivity index (χ1v) is 12.5. The van der Waals surface area contributed by atoms with Gasteiger partial charge in [-0.3, -0.25) is 9.59 Å². The number of esters is 1. The van der Waals surface area contributed by atoms with Crippen molar-refractivity contribution >= 4 is 11.9 Å². The van der Waals surface area contributed by atoms with E-state index in [0.29, 0.717) is 17.4 Å². The summed E-state index contributed by atoms with van der Waals surface area (Å²) in [7, 11) is 5.87. The first kappa shape index (κ1) is 29.9. The Hall–Kier alpha value is -1.14. The highest BCUT2D eigenvalue weighted by Gasteiger charge is 2.24. The van der Waals surface area contributed by atoms with E-state index in [2.05, 4.69) is 6.92 Å². The molecule has 0 rings (SSSR count). The molecular weight excluding hydrogens is 394 g/mol. The minimum absolute atomic E-state index is 0.117. The highest BCUT2D eigenvalue weighted by Crippen LogP contribution is 2.15. The molecule has 2 atom stereocenters. The first-order valence-electron chi connectivity index (χ1n) is 12.5. The Morgan fingerprint density at radius 3 is 1.77 bits per heavy atom. The van der Waals surface area contributed by atoms with Crippen LogP contribution in [0.25, 0.3) is 0 Å². The molecule has 0 saturated heterocycles. The summed E-state index contributed by atoms with van der Waals surface area (Å²) in [6, 6.07) is 0. The lowest BCUT2D eigenvalue weighted by atomic mass is 10.0. The van der Waals surface area contributed by atoms with Gasteiger partial charge in [0.05, 0.1) is 33.7 Å². The maximum absolute atomic E-state index is 12.0. The summed E-state index contributed by atoms with van der Waals surface area (Å²) in [5.41, 5.74) is 0. The predicted octanol–water partition coefficient (Wildman–Crippen LogP) is 5.31. The minimum Gasteiger partial charge on any atom is -0.481 e. The maximum Gasteiger partial charge on any atom is 0.307 e. The molecule has 6 nitrogen and oxygen atoms in total. The minimum atomic E-state index is -0.937. The van der Waals surface area contributed by atoms with Crippen LogP contribution in [0, 0.1) is 0 Å². The Morgan fingerprint density at radius 1 is 0.806 bits per heavy atom. The summed E-state index contributed by atoms with van der Waals surface area (Å²) < 4.78 is 5.97. The van der Waals surface area contributed by atoms with Crippen LogP contribution < -0.4 is 0 Å². The Balaban J connectivity index is 3.64.